The molecule has 0 saturated carbocycles. The van der Waals surface area contributed by atoms with Crippen LogP contribution in [0, 0.1) is 10.1 Å². The van der Waals surface area contributed by atoms with Crippen molar-refractivity contribution in [2.24, 2.45) is 0 Å². The summed E-state index contributed by atoms with van der Waals surface area (Å²) in [5, 5.41) is 20.7. The average molecular weight is 345 g/mol. The van der Waals surface area contributed by atoms with Gasteiger partial charge in [0.25, 0.3) is 11.6 Å². The molecule has 2 N–H and O–H groups in total. The number of amides is 1. The summed E-state index contributed by atoms with van der Waals surface area (Å²) in [5.41, 5.74) is -1.90. The van der Waals surface area contributed by atoms with Gasteiger partial charge in [-0.3, -0.25) is 19.7 Å². The average Bonchev–Trinajstić information content (AvgIpc) is 2.96. The van der Waals surface area contributed by atoms with Gasteiger partial charge in [0, 0.05) is 35.6 Å². The summed E-state index contributed by atoms with van der Waals surface area (Å²) in [4.78, 5) is 50.5. The lowest BCUT2D eigenvalue weighted by Gasteiger charge is -2.31. The van der Waals surface area contributed by atoms with E-state index in [-0.39, 0.29) is 28.7 Å². The Bertz CT molecular complexity index is 966. The van der Waals surface area contributed by atoms with Crippen LogP contribution in [0.15, 0.2) is 29.1 Å². The van der Waals surface area contributed by atoms with Crippen molar-refractivity contribution in [3.8, 4) is 0 Å². The van der Waals surface area contributed by atoms with Crippen LogP contribution in [0.5, 0.6) is 0 Å². The third kappa shape index (κ3) is 2.63. The second-order valence-electron chi connectivity index (χ2n) is 6.17. The van der Waals surface area contributed by atoms with Crippen LogP contribution in [0.3, 0.4) is 0 Å². The van der Waals surface area contributed by atoms with Gasteiger partial charge in [-0.25, -0.2) is 4.79 Å². The molecule has 0 aliphatic carbocycles. The predicted octanol–water partition coefficient (Wildman–Crippen LogP) is 1.52. The lowest BCUT2D eigenvalue weighted by atomic mass is 9.98. The first-order valence-electron chi connectivity index (χ1n) is 7.61. The number of nitrogens with zero attached hydrogens (tertiary/aromatic N) is 2. The van der Waals surface area contributed by atoms with Gasteiger partial charge in [-0.2, -0.15) is 0 Å². The molecular weight excluding hydrogens is 330 g/mol. The molecule has 0 radical (unpaired) electrons. The van der Waals surface area contributed by atoms with Gasteiger partial charge in [0.1, 0.15) is 5.54 Å². The molecule has 1 aliphatic heterocycles. The van der Waals surface area contributed by atoms with Gasteiger partial charge >= 0.3 is 5.97 Å². The Kier molecular flexibility index (Phi) is 3.78. The molecular formula is C16H15N3O6. The van der Waals surface area contributed by atoms with Crippen molar-refractivity contribution in [1.29, 1.82) is 0 Å². The van der Waals surface area contributed by atoms with Gasteiger partial charge in [-0.15, -0.1) is 0 Å². The van der Waals surface area contributed by atoms with E-state index in [9.17, 15) is 29.6 Å². The predicted molar refractivity (Wildman–Crippen MR) is 87.5 cm³/mol. The van der Waals surface area contributed by atoms with Crippen LogP contribution in [0.1, 0.15) is 30.1 Å². The van der Waals surface area contributed by atoms with Crippen LogP contribution in [0.2, 0.25) is 0 Å². The summed E-state index contributed by atoms with van der Waals surface area (Å²) >= 11 is 0. The van der Waals surface area contributed by atoms with Crippen molar-refractivity contribution in [2.45, 2.75) is 25.3 Å². The highest BCUT2D eigenvalue weighted by Gasteiger charge is 2.46. The molecule has 1 atom stereocenters. The molecule has 9 nitrogen and oxygen atoms in total. The maximum atomic E-state index is 13.0. The van der Waals surface area contributed by atoms with E-state index in [1.165, 1.54) is 30.0 Å². The quantitative estimate of drug-likeness (QED) is 0.640. The normalized spacial score (nSPS) is 20.0. The fourth-order valence-corrected chi connectivity index (χ4v) is 3.19. The van der Waals surface area contributed by atoms with E-state index in [2.05, 4.69) is 4.98 Å². The number of fused-ring (bicyclic) bond motifs is 1. The van der Waals surface area contributed by atoms with Gasteiger partial charge in [0.2, 0.25) is 5.56 Å². The highest BCUT2D eigenvalue weighted by Crippen LogP contribution is 2.32. The number of hydrogen-bond donors (Lipinski definition) is 2. The number of hydrogen-bond acceptors (Lipinski definition) is 5. The van der Waals surface area contributed by atoms with Gasteiger partial charge in [0.15, 0.2) is 0 Å². The number of benzene rings is 1. The van der Waals surface area contributed by atoms with E-state index in [1.807, 2.05) is 0 Å². The number of carbonyl (C=O) groups is 2. The number of aromatic amines is 1. The van der Waals surface area contributed by atoms with E-state index in [0.29, 0.717) is 12.8 Å². The number of carbonyl (C=O) groups excluding carboxylic acids is 1. The molecule has 3 rings (SSSR count). The Labute approximate surface area is 141 Å². The van der Waals surface area contributed by atoms with Gasteiger partial charge in [-0.05, 0) is 25.8 Å². The van der Waals surface area contributed by atoms with Crippen molar-refractivity contribution < 1.29 is 19.6 Å². The molecule has 2 heterocycles. The lowest BCUT2D eigenvalue weighted by molar-refractivity contribution is -0.384. The van der Waals surface area contributed by atoms with Crippen LogP contribution < -0.4 is 5.56 Å². The Morgan fingerprint density at radius 1 is 1.36 bits per heavy atom. The van der Waals surface area contributed by atoms with Crippen molar-refractivity contribution in [3.05, 3.63) is 50.3 Å². The molecule has 1 saturated heterocycles. The van der Waals surface area contributed by atoms with Gasteiger partial charge in [0.05, 0.1) is 10.5 Å². The molecule has 130 valence electrons. The molecule has 0 spiro atoms. The second-order valence-corrected chi connectivity index (χ2v) is 6.17. The number of aliphatic carboxylic acids is 1. The number of carboxylic acids is 1. The number of aromatic nitrogens is 1. The molecule has 25 heavy (non-hydrogen) atoms. The monoisotopic (exact) mass is 345 g/mol. The highest BCUT2D eigenvalue weighted by molar-refractivity contribution is 6.08. The minimum Gasteiger partial charge on any atom is -0.480 e. The second kappa shape index (κ2) is 5.69. The SMILES string of the molecule is CC1(C(=O)O)CCCN1C(=O)c1cc(=O)[nH]c2ccc([N+](=O)[O-])cc12. The number of likely N-dealkylation sites (tertiary alicyclic amines) is 1. The largest absolute Gasteiger partial charge is 0.480 e. The van der Waals surface area contributed by atoms with Crippen molar-refractivity contribution >= 4 is 28.5 Å². The van der Waals surface area contributed by atoms with Crippen molar-refractivity contribution in [3.63, 3.8) is 0 Å². The molecule has 1 unspecified atom stereocenters. The Morgan fingerprint density at radius 3 is 2.72 bits per heavy atom. The maximum Gasteiger partial charge on any atom is 0.329 e. The number of H-pyrrole nitrogens is 1. The number of nitro groups is 1. The number of nitro benzene ring substituents is 1. The smallest absolute Gasteiger partial charge is 0.329 e. The molecule has 2 aromatic rings. The molecule has 1 aliphatic rings. The molecule has 1 amide bonds. The van der Waals surface area contributed by atoms with E-state index in [4.69, 9.17) is 0 Å². The maximum absolute atomic E-state index is 13.0. The summed E-state index contributed by atoms with van der Waals surface area (Å²) < 4.78 is 0. The van der Waals surface area contributed by atoms with Crippen LogP contribution in [0.4, 0.5) is 5.69 Å². The first kappa shape index (κ1) is 16.6. The molecule has 1 aromatic heterocycles. The summed E-state index contributed by atoms with van der Waals surface area (Å²) in [6.07, 6.45) is 0.825. The number of non-ortho nitro benzene ring substituents is 1. The Balaban J connectivity index is 2.18. The zero-order valence-electron chi connectivity index (χ0n) is 13.3. The number of carboxylic acid groups (broad SMARTS) is 1. The van der Waals surface area contributed by atoms with Crippen LogP contribution >= 0.6 is 0 Å². The third-order valence-electron chi connectivity index (χ3n) is 4.61. The molecule has 9 heteroatoms. The molecule has 1 aromatic carbocycles. The number of rotatable bonds is 3. The third-order valence-corrected chi connectivity index (χ3v) is 4.61. The molecule has 1 fully saturated rings. The van der Waals surface area contributed by atoms with Crippen molar-refractivity contribution in [1.82, 2.24) is 9.88 Å². The number of pyridine rings is 1. The standard InChI is InChI=1S/C16H15N3O6/c1-16(15(22)23)5-2-6-18(16)14(21)11-8-13(20)17-12-4-3-9(19(24)25)7-10(11)12/h3-4,7-8H,2,5-6H2,1H3,(H,17,20)(H,22,23). The lowest BCUT2D eigenvalue weighted by Crippen LogP contribution is -2.50. The van der Waals surface area contributed by atoms with Crippen LogP contribution in [0.25, 0.3) is 10.9 Å². The van der Waals surface area contributed by atoms with E-state index >= 15 is 0 Å². The summed E-state index contributed by atoms with van der Waals surface area (Å²) in [6.45, 7) is 1.70. The Hall–Kier alpha value is -3.23. The summed E-state index contributed by atoms with van der Waals surface area (Å²) in [7, 11) is 0. The Morgan fingerprint density at radius 2 is 2.08 bits per heavy atom. The minimum absolute atomic E-state index is 0.0446. The fourth-order valence-electron chi connectivity index (χ4n) is 3.19. The highest BCUT2D eigenvalue weighted by atomic mass is 16.6. The van der Waals surface area contributed by atoms with Gasteiger partial charge in [-0.1, -0.05) is 0 Å². The minimum atomic E-state index is -1.37. The summed E-state index contributed by atoms with van der Waals surface area (Å²) in [6, 6.07) is 4.83. The summed E-state index contributed by atoms with van der Waals surface area (Å²) in [5.74, 6) is -1.75. The van der Waals surface area contributed by atoms with E-state index in [0.717, 1.165) is 6.07 Å². The molecule has 0 bridgehead atoms. The first-order chi connectivity index (χ1) is 11.7. The zero-order valence-corrected chi connectivity index (χ0v) is 13.3. The fraction of sp³-hybridized carbons (Fsp3) is 0.312. The topological polar surface area (TPSA) is 134 Å². The zero-order chi connectivity index (χ0) is 18.4. The number of nitrogens with one attached hydrogen (secondary N) is 1. The first-order valence-corrected chi connectivity index (χ1v) is 7.61. The van der Waals surface area contributed by atoms with Crippen LogP contribution in [-0.4, -0.2) is 43.9 Å². The van der Waals surface area contributed by atoms with Crippen molar-refractivity contribution in [2.75, 3.05) is 6.54 Å². The van der Waals surface area contributed by atoms with Gasteiger partial charge < -0.3 is 15.0 Å². The van der Waals surface area contributed by atoms with E-state index in [1.54, 1.807) is 0 Å². The van der Waals surface area contributed by atoms with Crippen LogP contribution in [-0.2, 0) is 4.79 Å². The van der Waals surface area contributed by atoms with E-state index < -0.39 is 27.9 Å².